The van der Waals surface area contributed by atoms with E-state index in [1.165, 1.54) is 67.1 Å². The smallest absolute Gasteiger partial charge is 0.283 e. The summed E-state index contributed by atoms with van der Waals surface area (Å²) in [5.41, 5.74) is 0.858. The third kappa shape index (κ3) is 4.32. The highest BCUT2D eigenvalue weighted by Gasteiger charge is 2.35. The van der Waals surface area contributed by atoms with Crippen molar-refractivity contribution >= 4 is 39.8 Å². The van der Waals surface area contributed by atoms with Gasteiger partial charge in [0.25, 0.3) is 5.91 Å². The van der Waals surface area contributed by atoms with Gasteiger partial charge in [-0.3, -0.25) is 10.2 Å². The van der Waals surface area contributed by atoms with Gasteiger partial charge in [-0.05, 0) is 73.0 Å². The molecule has 164 valence electrons. The van der Waals surface area contributed by atoms with Crippen molar-refractivity contribution in [3.63, 3.8) is 0 Å². The van der Waals surface area contributed by atoms with E-state index in [9.17, 15) is 9.18 Å². The van der Waals surface area contributed by atoms with Crippen LogP contribution in [0.5, 0.6) is 0 Å². The van der Waals surface area contributed by atoms with Crippen LogP contribution in [0.1, 0.15) is 50.7 Å². The first-order valence-electron chi connectivity index (χ1n) is 10.9. The quantitative estimate of drug-likeness (QED) is 0.561. The lowest BCUT2D eigenvalue weighted by Gasteiger charge is -2.20. The Hall–Kier alpha value is -3.00. The van der Waals surface area contributed by atoms with Gasteiger partial charge in [0, 0.05) is 5.56 Å². The van der Waals surface area contributed by atoms with Crippen molar-refractivity contribution in [1.82, 2.24) is 5.01 Å². The Kier molecular flexibility index (Phi) is 5.78. The number of hydrogen-bond acceptors (Lipinski definition) is 5. The van der Waals surface area contributed by atoms with E-state index in [-0.39, 0.29) is 17.2 Å². The number of halogens is 1. The number of carbonyl (C=O) groups excluding carboxylic acids is 1. The van der Waals surface area contributed by atoms with Gasteiger partial charge in [0.05, 0.1) is 5.57 Å². The molecule has 1 fully saturated rings. The van der Waals surface area contributed by atoms with Crippen LogP contribution < -0.4 is 0 Å². The van der Waals surface area contributed by atoms with E-state index in [4.69, 9.17) is 9.83 Å². The predicted octanol–water partition coefficient (Wildman–Crippen LogP) is 6.07. The number of rotatable bonds is 5. The molecule has 2 aliphatic heterocycles. The molecule has 1 aromatic carbocycles. The first-order chi connectivity index (χ1) is 15.6. The molecule has 0 spiro atoms. The van der Waals surface area contributed by atoms with E-state index in [1.807, 2.05) is 0 Å². The number of nitrogens with one attached hydrogen (secondary N) is 1. The van der Waals surface area contributed by atoms with E-state index in [0.29, 0.717) is 16.7 Å². The van der Waals surface area contributed by atoms with Crippen LogP contribution in [-0.2, 0) is 4.79 Å². The summed E-state index contributed by atoms with van der Waals surface area (Å²) in [6.07, 6.45) is 9.99. The Labute approximate surface area is 189 Å². The predicted molar refractivity (Wildman–Crippen MR) is 125 cm³/mol. The standard InChI is InChI=1S/C24H23FN4O2S/c25-17-9-7-16(8-10-17)20-12-11-18(31-20)14-19-22(26)29-24(27-23(19)30)32-21(28-29)13-6-15-4-2-1-3-5-15/h7-12,14-15,26H,1-6,13H2/b19-14-,26-22?. The van der Waals surface area contributed by atoms with Crippen molar-refractivity contribution in [3.05, 3.63) is 53.5 Å². The van der Waals surface area contributed by atoms with Gasteiger partial charge in [-0.15, -0.1) is 0 Å². The molecular formula is C24H23FN4O2S. The lowest BCUT2D eigenvalue weighted by molar-refractivity contribution is -0.114. The maximum atomic E-state index is 13.1. The van der Waals surface area contributed by atoms with Gasteiger partial charge < -0.3 is 4.42 Å². The van der Waals surface area contributed by atoms with Gasteiger partial charge in [0.2, 0.25) is 5.17 Å². The molecule has 0 atom stereocenters. The zero-order valence-corrected chi connectivity index (χ0v) is 18.3. The van der Waals surface area contributed by atoms with E-state index in [2.05, 4.69) is 10.1 Å². The molecule has 1 saturated carbocycles. The summed E-state index contributed by atoms with van der Waals surface area (Å²) in [5, 5.41) is 15.9. The molecule has 1 amide bonds. The molecule has 3 aliphatic rings. The number of thioether (sulfide) groups is 1. The summed E-state index contributed by atoms with van der Waals surface area (Å²) < 4.78 is 18.9. The van der Waals surface area contributed by atoms with Gasteiger partial charge in [0.15, 0.2) is 5.84 Å². The number of carbonyl (C=O) groups is 1. The lowest BCUT2D eigenvalue weighted by atomic mass is 9.86. The van der Waals surface area contributed by atoms with Gasteiger partial charge in [-0.2, -0.15) is 15.1 Å². The van der Waals surface area contributed by atoms with Crippen molar-refractivity contribution in [2.24, 2.45) is 16.0 Å². The van der Waals surface area contributed by atoms with E-state index in [0.717, 1.165) is 29.4 Å². The fourth-order valence-corrected chi connectivity index (χ4v) is 5.18. The van der Waals surface area contributed by atoms with E-state index in [1.54, 1.807) is 24.3 Å². The summed E-state index contributed by atoms with van der Waals surface area (Å²) in [6.45, 7) is 0. The van der Waals surface area contributed by atoms with Crippen molar-refractivity contribution in [3.8, 4) is 11.3 Å². The van der Waals surface area contributed by atoms with Crippen LogP contribution in [0.3, 0.4) is 0 Å². The van der Waals surface area contributed by atoms with Gasteiger partial charge in [0.1, 0.15) is 22.4 Å². The molecule has 1 N–H and O–H groups in total. The van der Waals surface area contributed by atoms with Crippen LogP contribution >= 0.6 is 11.8 Å². The van der Waals surface area contributed by atoms with Crippen LogP contribution in [0.2, 0.25) is 0 Å². The number of nitrogens with zero attached hydrogens (tertiary/aromatic N) is 3. The largest absolute Gasteiger partial charge is 0.457 e. The fraction of sp³-hybridized carbons (Fsp3) is 0.333. The molecule has 6 nitrogen and oxygen atoms in total. The summed E-state index contributed by atoms with van der Waals surface area (Å²) in [4.78, 5) is 16.8. The Morgan fingerprint density at radius 3 is 2.72 bits per heavy atom. The molecule has 8 heteroatoms. The molecular weight excluding hydrogens is 427 g/mol. The molecule has 3 heterocycles. The maximum absolute atomic E-state index is 13.1. The van der Waals surface area contributed by atoms with E-state index >= 15 is 0 Å². The van der Waals surface area contributed by atoms with Crippen molar-refractivity contribution in [2.75, 3.05) is 0 Å². The highest BCUT2D eigenvalue weighted by Crippen LogP contribution is 2.33. The molecule has 0 bridgehead atoms. The minimum absolute atomic E-state index is 0.0000939. The zero-order chi connectivity index (χ0) is 22.1. The van der Waals surface area contributed by atoms with Crippen LogP contribution in [0.15, 0.2) is 56.5 Å². The van der Waals surface area contributed by atoms with Crippen molar-refractivity contribution < 1.29 is 13.6 Å². The Morgan fingerprint density at radius 1 is 1.16 bits per heavy atom. The number of hydrazone groups is 1. The van der Waals surface area contributed by atoms with Crippen molar-refractivity contribution in [1.29, 1.82) is 5.41 Å². The second kappa shape index (κ2) is 8.86. The molecule has 2 aromatic rings. The van der Waals surface area contributed by atoms with Gasteiger partial charge in [-0.25, -0.2) is 4.39 Å². The molecule has 0 saturated heterocycles. The number of fused-ring (bicyclic) bond motifs is 1. The fourth-order valence-electron chi connectivity index (χ4n) is 4.28. The van der Waals surface area contributed by atoms with Gasteiger partial charge >= 0.3 is 0 Å². The van der Waals surface area contributed by atoms with Crippen molar-refractivity contribution in [2.45, 2.75) is 44.9 Å². The third-order valence-electron chi connectivity index (χ3n) is 6.03. The number of aliphatic imine (C=N–C) groups is 1. The first kappa shape index (κ1) is 20.9. The summed E-state index contributed by atoms with van der Waals surface area (Å²) in [7, 11) is 0. The molecule has 32 heavy (non-hydrogen) atoms. The number of benzene rings is 1. The topological polar surface area (TPSA) is 82.0 Å². The Morgan fingerprint density at radius 2 is 1.94 bits per heavy atom. The molecule has 5 rings (SSSR count). The lowest BCUT2D eigenvalue weighted by Crippen LogP contribution is -2.35. The van der Waals surface area contributed by atoms with Crippen LogP contribution in [0.25, 0.3) is 17.4 Å². The average molecular weight is 451 g/mol. The Bertz CT molecular complexity index is 1140. The molecule has 0 radical (unpaired) electrons. The SMILES string of the molecule is N=C1/C(=C/c2ccc(-c3ccc(F)cc3)o2)C(=O)N=C2SC(CCC3CCCCC3)=NN12. The number of hydrogen-bond donors (Lipinski definition) is 1. The minimum Gasteiger partial charge on any atom is -0.457 e. The highest BCUT2D eigenvalue weighted by atomic mass is 32.2. The minimum atomic E-state index is -0.475. The second-order valence-corrected chi connectivity index (χ2v) is 9.31. The average Bonchev–Trinajstić information content (AvgIpc) is 3.44. The van der Waals surface area contributed by atoms with Crippen LogP contribution in [0.4, 0.5) is 4.39 Å². The number of amidine groups is 2. The summed E-state index contributed by atoms with van der Waals surface area (Å²) in [5.74, 6) is 0.925. The highest BCUT2D eigenvalue weighted by molar-refractivity contribution is 8.26. The molecule has 1 aliphatic carbocycles. The molecule has 0 unspecified atom stereocenters. The normalized spacial score (nSPS) is 20.5. The second-order valence-electron chi connectivity index (χ2n) is 8.27. The number of amides is 1. The zero-order valence-electron chi connectivity index (χ0n) is 17.5. The summed E-state index contributed by atoms with van der Waals surface area (Å²) in [6, 6.07) is 9.44. The Balaban J connectivity index is 1.31. The van der Waals surface area contributed by atoms with Crippen LogP contribution in [0, 0.1) is 17.1 Å². The van der Waals surface area contributed by atoms with Gasteiger partial charge in [-0.1, -0.05) is 32.1 Å². The summed E-state index contributed by atoms with van der Waals surface area (Å²) >= 11 is 1.38. The van der Waals surface area contributed by atoms with Crippen LogP contribution in [-0.4, -0.2) is 27.0 Å². The maximum Gasteiger partial charge on any atom is 0.283 e. The molecule has 1 aromatic heterocycles. The first-order valence-corrected chi connectivity index (χ1v) is 11.7. The number of furan rings is 1. The third-order valence-corrected chi connectivity index (χ3v) is 7.00. The van der Waals surface area contributed by atoms with E-state index < -0.39 is 5.91 Å². The monoisotopic (exact) mass is 450 g/mol.